The Bertz CT molecular complexity index is 489. The molecule has 6 nitrogen and oxygen atoms in total. The van der Waals surface area contributed by atoms with Gasteiger partial charge in [-0.3, -0.25) is 10.1 Å². The van der Waals surface area contributed by atoms with Gasteiger partial charge in [-0.05, 0) is 33.1 Å². The Labute approximate surface area is 106 Å². The molecule has 1 aromatic rings. The molecule has 3 heterocycles. The predicted molar refractivity (Wildman–Crippen MR) is 66.0 cm³/mol. The van der Waals surface area contributed by atoms with E-state index in [1.807, 2.05) is 13.8 Å². The van der Waals surface area contributed by atoms with Crippen LogP contribution >= 0.6 is 0 Å². The summed E-state index contributed by atoms with van der Waals surface area (Å²) in [5.74, 6) is 0.375. The van der Waals surface area contributed by atoms with E-state index in [0.29, 0.717) is 18.0 Å². The van der Waals surface area contributed by atoms with Crippen LogP contribution in [0, 0.1) is 19.8 Å². The Balaban J connectivity index is 1.69. The molecule has 0 aromatic carbocycles. The van der Waals surface area contributed by atoms with Gasteiger partial charge in [-0.25, -0.2) is 4.98 Å². The highest BCUT2D eigenvalue weighted by molar-refractivity contribution is 5.91. The van der Waals surface area contributed by atoms with Crippen molar-refractivity contribution in [3.8, 4) is 0 Å². The SMILES string of the molecule is Cc1nnc(NC(=O)C2CC3CCC2N3)nc1C. The number of nitrogens with one attached hydrogen (secondary N) is 2. The lowest BCUT2D eigenvalue weighted by Gasteiger charge is -2.18. The summed E-state index contributed by atoms with van der Waals surface area (Å²) in [6.07, 6.45) is 3.21. The van der Waals surface area contributed by atoms with Crippen LogP contribution in [0.5, 0.6) is 0 Å². The smallest absolute Gasteiger partial charge is 0.249 e. The van der Waals surface area contributed by atoms with Gasteiger partial charge in [0, 0.05) is 12.1 Å². The molecule has 2 N–H and O–H groups in total. The van der Waals surface area contributed by atoms with Gasteiger partial charge in [-0.2, -0.15) is 5.10 Å². The summed E-state index contributed by atoms with van der Waals surface area (Å²) in [5, 5.41) is 14.1. The zero-order valence-corrected chi connectivity index (χ0v) is 10.6. The lowest BCUT2D eigenvalue weighted by molar-refractivity contribution is -0.120. The molecule has 3 unspecified atom stereocenters. The van der Waals surface area contributed by atoms with Crippen molar-refractivity contribution in [3.63, 3.8) is 0 Å². The van der Waals surface area contributed by atoms with Crippen molar-refractivity contribution in [2.45, 2.75) is 45.2 Å². The molecule has 96 valence electrons. The molecule has 18 heavy (non-hydrogen) atoms. The number of carbonyl (C=O) groups excluding carboxylic acids is 1. The summed E-state index contributed by atoms with van der Waals surface area (Å²) in [7, 11) is 0. The zero-order valence-electron chi connectivity index (χ0n) is 10.6. The molecular weight excluding hydrogens is 230 g/mol. The number of aryl methyl sites for hydroxylation is 2. The lowest BCUT2D eigenvalue weighted by atomic mass is 9.88. The highest BCUT2D eigenvalue weighted by Crippen LogP contribution is 2.33. The third-order valence-corrected chi connectivity index (χ3v) is 3.96. The molecule has 1 amide bonds. The fourth-order valence-corrected chi connectivity index (χ4v) is 2.83. The molecule has 2 fully saturated rings. The maximum atomic E-state index is 12.1. The number of nitrogens with zero attached hydrogens (tertiary/aromatic N) is 3. The van der Waals surface area contributed by atoms with Crippen LogP contribution in [0.15, 0.2) is 0 Å². The fourth-order valence-electron chi connectivity index (χ4n) is 2.83. The number of aromatic nitrogens is 3. The molecule has 1 aromatic heterocycles. The van der Waals surface area contributed by atoms with Crippen LogP contribution in [0.3, 0.4) is 0 Å². The minimum Gasteiger partial charge on any atom is -0.310 e. The van der Waals surface area contributed by atoms with Gasteiger partial charge in [0.05, 0.1) is 17.3 Å². The Morgan fingerprint density at radius 1 is 1.28 bits per heavy atom. The van der Waals surface area contributed by atoms with E-state index in [1.54, 1.807) is 0 Å². The normalized spacial score (nSPS) is 29.6. The number of rotatable bonds is 2. The Hall–Kier alpha value is -1.56. The van der Waals surface area contributed by atoms with Crippen molar-refractivity contribution in [2.24, 2.45) is 5.92 Å². The van der Waals surface area contributed by atoms with E-state index in [-0.39, 0.29) is 11.8 Å². The van der Waals surface area contributed by atoms with E-state index in [9.17, 15) is 4.79 Å². The number of fused-ring (bicyclic) bond motifs is 2. The van der Waals surface area contributed by atoms with Gasteiger partial charge < -0.3 is 5.32 Å². The molecule has 3 rings (SSSR count). The highest BCUT2D eigenvalue weighted by atomic mass is 16.2. The summed E-state index contributed by atoms with van der Waals surface area (Å²) in [6, 6.07) is 0.846. The third kappa shape index (κ3) is 1.96. The number of hydrogen-bond donors (Lipinski definition) is 2. The first kappa shape index (κ1) is 11.5. The summed E-state index contributed by atoms with van der Waals surface area (Å²) < 4.78 is 0. The summed E-state index contributed by atoms with van der Waals surface area (Å²) in [6.45, 7) is 3.71. The number of carbonyl (C=O) groups is 1. The number of amides is 1. The molecule has 2 aliphatic rings. The second kappa shape index (κ2) is 4.28. The molecule has 6 heteroatoms. The van der Waals surface area contributed by atoms with Gasteiger partial charge in [0.1, 0.15) is 0 Å². The monoisotopic (exact) mass is 247 g/mol. The van der Waals surface area contributed by atoms with Crippen molar-refractivity contribution in [3.05, 3.63) is 11.4 Å². The van der Waals surface area contributed by atoms with Crippen LogP contribution in [-0.4, -0.2) is 33.2 Å². The van der Waals surface area contributed by atoms with Crippen LogP contribution in [0.2, 0.25) is 0 Å². The molecule has 0 aliphatic carbocycles. The maximum absolute atomic E-state index is 12.1. The van der Waals surface area contributed by atoms with Crippen LogP contribution in [0.25, 0.3) is 0 Å². The van der Waals surface area contributed by atoms with Crippen LogP contribution < -0.4 is 10.6 Å². The molecule has 2 aliphatic heterocycles. The van der Waals surface area contributed by atoms with E-state index in [1.165, 1.54) is 6.42 Å². The zero-order chi connectivity index (χ0) is 12.7. The Morgan fingerprint density at radius 2 is 2.11 bits per heavy atom. The van der Waals surface area contributed by atoms with Crippen LogP contribution in [-0.2, 0) is 4.79 Å². The number of hydrogen-bond acceptors (Lipinski definition) is 5. The van der Waals surface area contributed by atoms with Crippen molar-refractivity contribution in [1.29, 1.82) is 0 Å². The molecule has 0 saturated carbocycles. The molecule has 3 atom stereocenters. The Kier molecular flexibility index (Phi) is 2.74. The number of anilines is 1. The van der Waals surface area contributed by atoms with Crippen molar-refractivity contribution >= 4 is 11.9 Å². The van der Waals surface area contributed by atoms with Gasteiger partial charge >= 0.3 is 0 Å². The van der Waals surface area contributed by atoms with Gasteiger partial charge in [0.15, 0.2) is 0 Å². The minimum atomic E-state index is 0.0137. The molecule has 2 saturated heterocycles. The molecular formula is C12H17N5O. The largest absolute Gasteiger partial charge is 0.310 e. The standard InChI is InChI=1S/C12H17N5O/c1-6-7(2)16-17-12(13-6)15-11(18)9-5-8-3-4-10(9)14-8/h8-10,14H,3-5H2,1-2H3,(H,13,15,17,18). The second-order valence-electron chi connectivity index (χ2n) is 5.19. The summed E-state index contributed by atoms with van der Waals surface area (Å²) >= 11 is 0. The van der Waals surface area contributed by atoms with Crippen molar-refractivity contribution < 1.29 is 4.79 Å². The van der Waals surface area contributed by atoms with E-state index < -0.39 is 0 Å². The molecule has 0 radical (unpaired) electrons. The average Bonchev–Trinajstić information content (AvgIpc) is 2.96. The lowest BCUT2D eigenvalue weighted by Crippen LogP contribution is -2.33. The van der Waals surface area contributed by atoms with E-state index in [0.717, 1.165) is 24.2 Å². The Morgan fingerprint density at radius 3 is 2.72 bits per heavy atom. The molecule has 2 bridgehead atoms. The predicted octanol–water partition coefficient (Wildman–Crippen LogP) is 0.567. The molecule has 0 spiro atoms. The quantitative estimate of drug-likeness (QED) is 0.798. The fraction of sp³-hybridized carbons (Fsp3) is 0.667. The van der Waals surface area contributed by atoms with Gasteiger partial charge in [0.25, 0.3) is 0 Å². The van der Waals surface area contributed by atoms with E-state index in [4.69, 9.17) is 0 Å². The first-order valence-electron chi connectivity index (χ1n) is 6.38. The van der Waals surface area contributed by atoms with Crippen LogP contribution in [0.1, 0.15) is 30.7 Å². The minimum absolute atomic E-state index is 0.0137. The van der Waals surface area contributed by atoms with Crippen LogP contribution in [0.4, 0.5) is 5.95 Å². The van der Waals surface area contributed by atoms with Gasteiger partial charge in [-0.1, -0.05) is 0 Å². The summed E-state index contributed by atoms with van der Waals surface area (Å²) in [4.78, 5) is 16.4. The van der Waals surface area contributed by atoms with Crippen molar-refractivity contribution in [2.75, 3.05) is 5.32 Å². The highest BCUT2D eigenvalue weighted by Gasteiger charge is 2.42. The van der Waals surface area contributed by atoms with Gasteiger partial charge in [-0.15, -0.1) is 5.10 Å². The van der Waals surface area contributed by atoms with Gasteiger partial charge in [0.2, 0.25) is 11.9 Å². The topological polar surface area (TPSA) is 79.8 Å². The first-order valence-corrected chi connectivity index (χ1v) is 6.38. The average molecular weight is 247 g/mol. The second-order valence-corrected chi connectivity index (χ2v) is 5.19. The third-order valence-electron chi connectivity index (χ3n) is 3.96. The van der Waals surface area contributed by atoms with E-state index in [2.05, 4.69) is 25.8 Å². The van der Waals surface area contributed by atoms with Crippen molar-refractivity contribution in [1.82, 2.24) is 20.5 Å². The maximum Gasteiger partial charge on any atom is 0.249 e. The van der Waals surface area contributed by atoms with E-state index >= 15 is 0 Å². The first-order chi connectivity index (χ1) is 8.63. The summed E-state index contributed by atoms with van der Waals surface area (Å²) in [5.41, 5.74) is 1.58.